The fraction of sp³-hybridized carbons (Fsp3) is 0.571. The Kier molecular flexibility index (Phi) is 3.76. The van der Waals surface area contributed by atoms with Gasteiger partial charge in [0.1, 0.15) is 0 Å². The second kappa shape index (κ2) is 5.04. The Labute approximate surface area is 111 Å². The van der Waals surface area contributed by atoms with Gasteiger partial charge in [-0.3, -0.25) is 0 Å². The van der Waals surface area contributed by atoms with Crippen molar-refractivity contribution in [1.82, 2.24) is 0 Å². The second-order valence-electron chi connectivity index (χ2n) is 5.46. The van der Waals surface area contributed by atoms with Gasteiger partial charge in [-0.05, 0) is 29.5 Å². The van der Waals surface area contributed by atoms with Gasteiger partial charge in [-0.25, -0.2) is 0 Å². The first-order valence-corrected chi connectivity index (χ1v) is 6.48. The molecule has 0 unspecified atom stereocenters. The first-order chi connectivity index (χ1) is 8.82. The molecule has 1 aromatic carbocycles. The van der Waals surface area contributed by atoms with Crippen LogP contribution in [-0.2, 0) is 12.7 Å². The number of rotatable bonds is 3. The summed E-state index contributed by atoms with van der Waals surface area (Å²) in [5.41, 5.74) is 5.63. The van der Waals surface area contributed by atoms with E-state index in [2.05, 4.69) is 13.8 Å². The summed E-state index contributed by atoms with van der Waals surface area (Å²) in [4.78, 5) is 1.80. The van der Waals surface area contributed by atoms with Crippen molar-refractivity contribution < 1.29 is 13.2 Å². The fourth-order valence-electron chi connectivity index (χ4n) is 2.34. The van der Waals surface area contributed by atoms with Gasteiger partial charge in [-0.2, -0.15) is 13.2 Å². The van der Waals surface area contributed by atoms with Gasteiger partial charge in [0.2, 0.25) is 0 Å². The molecule has 1 aliphatic rings. The molecule has 1 saturated heterocycles. The Morgan fingerprint density at radius 1 is 1.32 bits per heavy atom. The summed E-state index contributed by atoms with van der Waals surface area (Å²) in [5.74, 6) is 0.990. The van der Waals surface area contributed by atoms with E-state index in [4.69, 9.17) is 5.73 Å². The molecular weight excluding hydrogens is 253 g/mol. The van der Waals surface area contributed by atoms with Crippen molar-refractivity contribution in [3.8, 4) is 0 Å². The predicted octanol–water partition coefficient (Wildman–Crippen LogP) is 3.26. The number of hydrogen-bond donors (Lipinski definition) is 1. The highest BCUT2D eigenvalue weighted by atomic mass is 19.4. The van der Waals surface area contributed by atoms with E-state index in [1.54, 1.807) is 17.0 Å². The van der Waals surface area contributed by atoms with E-state index in [1.807, 2.05) is 0 Å². The maximum absolute atomic E-state index is 13.1. The average molecular weight is 272 g/mol. The minimum Gasteiger partial charge on any atom is -0.370 e. The van der Waals surface area contributed by atoms with Crippen molar-refractivity contribution in [2.24, 2.45) is 17.6 Å². The Balaban J connectivity index is 2.26. The van der Waals surface area contributed by atoms with Crippen molar-refractivity contribution in [2.45, 2.75) is 26.6 Å². The highest BCUT2D eigenvalue weighted by molar-refractivity contribution is 5.58. The number of benzene rings is 1. The van der Waals surface area contributed by atoms with E-state index in [-0.39, 0.29) is 12.2 Å². The lowest BCUT2D eigenvalue weighted by Crippen LogP contribution is -2.49. The van der Waals surface area contributed by atoms with E-state index in [0.717, 1.165) is 6.07 Å². The van der Waals surface area contributed by atoms with Gasteiger partial charge in [-0.1, -0.05) is 19.9 Å². The highest BCUT2D eigenvalue weighted by Crippen LogP contribution is 2.40. The quantitative estimate of drug-likeness (QED) is 0.915. The zero-order chi connectivity index (χ0) is 14.2. The van der Waals surface area contributed by atoms with Crippen molar-refractivity contribution in [3.05, 3.63) is 29.3 Å². The molecule has 1 fully saturated rings. The molecule has 0 amide bonds. The molecule has 1 heterocycles. The maximum Gasteiger partial charge on any atom is 0.418 e. The largest absolute Gasteiger partial charge is 0.418 e. The van der Waals surface area contributed by atoms with Gasteiger partial charge in [-0.15, -0.1) is 0 Å². The zero-order valence-electron chi connectivity index (χ0n) is 11.2. The molecule has 106 valence electrons. The van der Waals surface area contributed by atoms with Crippen molar-refractivity contribution in [1.29, 1.82) is 0 Å². The summed E-state index contributed by atoms with van der Waals surface area (Å²) in [5, 5.41) is 0. The second-order valence-corrected chi connectivity index (χ2v) is 5.46. The van der Waals surface area contributed by atoms with Crippen LogP contribution in [0, 0.1) is 11.8 Å². The van der Waals surface area contributed by atoms with Crippen LogP contribution in [-0.4, -0.2) is 13.1 Å². The zero-order valence-corrected chi connectivity index (χ0v) is 11.2. The molecule has 5 heteroatoms. The first-order valence-electron chi connectivity index (χ1n) is 6.48. The Bertz CT molecular complexity index is 448. The number of hydrogen-bond acceptors (Lipinski definition) is 2. The van der Waals surface area contributed by atoms with E-state index in [0.29, 0.717) is 30.5 Å². The van der Waals surface area contributed by atoms with Crippen molar-refractivity contribution in [3.63, 3.8) is 0 Å². The van der Waals surface area contributed by atoms with E-state index in [1.165, 1.54) is 0 Å². The summed E-state index contributed by atoms with van der Waals surface area (Å²) in [6.45, 7) is 5.72. The number of nitrogens with zero attached hydrogens (tertiary/aromatic N) is 1. The van der Waals surface area contributed by atoms with E-state index in [9.17, 15) is 13.2 Å². The minimum atomic E-state index is -4.33. The fourth-order valence-corrected chi connectivity index (χ4v) is 2.34. The topological polar surface area (TPSA) is 29.3 Å². The SMILES string of the molecule is CC(C)C1CN(c2ccc(CN)cc2C(F)(F)F)C1. The Hall–Kier alpha value is -1.23. The molecule has 2 N–H and O–H groups in total. The number of alkyl halides is 3. The molecule has 2 nitrogen and oxygen atoms in total. The van der Waals surface area contributed by atoms with Crippen LogP contribution in [0.25, 0.3) is 0 Å². The van der Waals surface area contributed by atoms with Crippen LogP contribution >= 0.6 is 0 Å². The van der Waals surface area contributed by atoms with Crippen LogP contribution in [0.15, 0.2) is 18.2 Å². The van der Waals surface area contributed by atoms with Gasteiger partial charge < -0.3 is 10.6 Å². The molecule has 2 rings (SSSR count). The molecule has 0 aliphatic carbocycles. The molecule has 0 spiro atoms. The lowest BCUT2D eigenvalue weighted by atomic mass is 9.87. The van der Waals surface area contributed by atoms with Gasteiger partial charge >= 0.3 is 6.18 Å². The van der Waals surface area contributed by atoms with Gasteiger partial charge in [0.25, 0.3) is 0 Å². The minimum absolute atomic E-state index is 0.123. The summed E-state index contributed by atoms with van der Waals surface area (Å²) in [6.07, 6.45) is -4.33. The van der Waals surface area contributed by atoms with E-state index >= 15 is 0 Å². The third kappa shape index (κ3) is 2.86. The van der Waals surface area contributed by atoms with Crippen LogP contribution < -0.4 is 10.6 Å². The Morgan fingerprint density at radius 2 is 1.95 bits per heavy atom. The number of nitrogens with two attached hydrogens (primary N) is 1. The van der Waals surface area contributed by atoms with Crippen LogP contribution in [0.1, 0.15) is 25.0 Å². The predicted molar refractivity (Wildman–Crippen MR) is 69.9 cm³/mol. The normalized spacial score (nSPS) is 16.9. The summed E-state index contributed by atoms with van der Waals surface area (Å²) < 4.78 is 39.2. The van der Waals surface area contributed by atoms with Gasteiger partial charge in [0.15, 0.2) is 0 Å². The lowest BCUT2D eigenvalue weighted by molar-refractivity contribution is -0.137. The highest BCUT2D eigenvalue weighted by Gasteiger charge is 2.38. The number of anilines is 1. The van der Waals surface area contributed by atoms with Crippen molar-refractivity contribution in [2.75, 3.05) is 18.0 Å². The Morgan fingerprint density at radius 3 is 2.42 bits per heavy atom. The molecule has 1 aromatic rings. The standard InChI is InChI=1S/C14H19F3N2/c1-9(2)11-7-19(8-11)13-4-3-10(6-18)5-12(13)14(15,16)17/h3-5,9,11H,6-8,18H2,1-2H3. The van der Waals surface area contributed by atoms with Crippen LogP contribution in [0.4, 0.5) is 18.9 Å². The molecular formula is C14H19F3N2. The summed E-state index contributed by atoms with van der Waals surface area (Å²) >= 11 is 0. The summed E-state index contributed by atoms with van der Waals surface area (Å²) in [7, 11) is 0. The van der Waals surface area contributed by atoms with Crippen LogP contribution in [0.3, 0.4) is 0 Å². The number of halogens is 3. The van der Waals surface area contributed by atoms with Crippen LogP contribution in [0.2, 0.25) is 0 Å². The molecule has 0 saturated carbocycles. The summed E-state index contributed by atoms with van der Waals surface area (Å²) in [6, 6.07) is 4.38. The molecule has 0 atom stereocenters. The lowest BCUT2D eigenvalue weighted by Gasteiger charge is -2.44. The molecule has 1 aliphatic heterocycles. The monoisotopic (exact) mass is 272 g/mol. The molecule has 19 heavy (non-hydrogen) atoms. The van der Waals surface area contributed by atoms with Crippen LogP contribution in [0.5, 0.6) is 0 Å². The smallest absolute Gasteiger partial charge is 0.370 e. The van der Waals surface area contributed by atoms with E-state index < -0.39 is 11.7 Å². The third-order valence-electron chi connectivity index (χ3n) is 3.80. The van der Waals surface area contributed by atoms with Gasteiger partial charge in [0.05, 0.1) is 5.56 Å². The average Bonchev–Trinajstić information content (AvgIpc) is 2.25. The maximum atomic E-state index is 13.1. The first kappa shape index (κ1) is 14.2. The third-order valence-corrected chi connectivity index (χ3v) is 3.80. The molecule has 0 radical (unpaired) electrons. The van der Waals surface area contributed by atoms with Crippen molar-refractivity contribution >= 4 is 5.69 Å². The molecule has 0 aromatic heterocycles. The van der Waals surface area contributed by atoms with Gasteiger partial charge in [0, 0.05) is 25.3 Å². The molecule has 0 bridgehead atoms.